The van der Waals surface area contributed by atoms with Crippen LogP contribution in [0.25, 0.3) is 0 Å². The second-order valence-electron chi connectivity index (χ2n) is 20.4. The van der Waals surface area contributed by atoms with Crippen LogP contribution in [-0.2, 0) is 6.42 Å². The highest BCUT2D eigenvalue weighted by atomic mass is 19.3. The summed E-state index contributed by atoms with van der Waals surface area (Å²) in [6, 6.07) is 0. The average Bonchev–Trinajstić information content (AvgIpc) is 3.14. The Hall–Kier alpha value is -1.12. The van der Waals surface area contributed by atoms with E-state index in [1.807, 2.05) is 13.8 Å². The van der Waals surface area contributed by atoms with Crippen molar-refractivity contribution in [1.29, 1.82) is 0 Å². The zero-order valence-corrected chi connectivity index (χ0v) is 34.8. The van der Waals surface area contributed by atoms with Gasteiger partial charge in [-0.1, -0.05) is 181 Å². The topological polar surface area (TPSA) is 9.23 Å². The van der Waals surface area contributed by atoms with Gasteiger partial charge in [-0.25, -0.2) is 0 Å². The molecule has 0 spiro atoms. The molecule has 0 aliphatic heterocycles. The van der Waals surface area contributed by atoms with Gasteiger partial charge in [0.25, 0.3) is 0 Å². The van der Waals surface area contributed by atoms with Gasteiger partial charge in [0.1, 0.15) is 5.75 Å². The second kappa shape index (κ2) is 27.8. The molecular weight excluding hydrogens is 727 g/mol. The van der Waals surface area contributed by atoms with E-state index in [1.165, 1.54) is 152 Å². The van der Waals surface area contributed by atoms with Crippen molar-refractivity contribution in [1.82, 2.24) is 0 Å². The minimum atomic E-state index is -3.12. The first-order valence-electron chi connectivity index (χ1n) is 23.1. The summed E-state index contributed by atoms with van der Waals surface area (Å²) in [6.07, 6.45) is 30.4. The number of halogens is 2. The van der Waals surface area contributed by atoms with Crippen LogP contribution in [0.5, 0.6) is 5.75 Å². The van der Waals surface area contributed by atoms with Crippen LogP contribution in [0.3, 0.4) is 0 Å². The van der Waals surface area contributed by atoms with Crippen molar-refractivity contribution in [3.05, 3.63) is 27.8 Å². The third kappa shape index (κ3) is 17.2. The first kappa shape index (κ1) is 60.0. The summed E-state index contributed by atoms with van der Waals surface area (Å²) in [5, 5.41) is 0. The second-order valence-corrected chi connectivity index (χ2v) is 20.4. The third-order valence-electron chi connectivity index (χ3n) is 16.5. The molecule has 59 heavy (non-hydrogen) atoms. The molecule has 0 atom stereocenters. The largest absolute Gasteiger partial charge is 0.432 e. The number of rotatable bonds is 13. The Morgan fingerprint density at radius 2 is 0.678 bits per heavy atom. The molecule has 5 fully saturated rings. The lowest BCUT2D eigenvalue weighted by Gasteiger charge is -2.36. The first-order chi connectivity index (χ1) is 24.9. The summed E-state index contributed by atoms with van der Waals surface area (Å²) in [7, 11) is 0. The maximum Gasteiger partial charge on any atom is 0.397 e. The fraction of sp³-hybridized carbons (Fsp3) is 0.893. The minimum absolute atomic E-state index is 0. The molecule has 1 nitrogen and oxygen atoms in total. The maximum absolute atomic E-state index is 15.5. The van der Waals surface area contributed by atoms with E-state index in [9.17, 15) is 0 Å². The highest BCUT2D eigenvalue weighted by Gasteiger charge is 2.36. The quantitative estimate of drug-likeness (QED) is 0.192. The van der Waals surface area contributed by atoms with E-state index in [2.05, 4.69) is 27.7 Å². The molecule has 5 aliphatic rings. The molecule has 5 aliphatic carbocycles. The summed E-state index contributed by atoms with van der Waals surface area (Å²) in [5.74, 6) is 9.12. The van der Waals surface area contributed by atoms with Gasteiger partial charge in [0.05, 0.1) is 6.42 Å². The van der Waals surface area contributed by atoms with Gasteiger partial charge in [-0.2, -0.15) is 8.78 Å². The van der Waals surface area contributed by atoms with Gasteiger partial charge in [-0.3, -0.25) is 0 Å². The van der Waals surface area contributed by atoms with Crippen molar-refractivity contribution < 1.29 is 13.5 Å². The lowest BCUT2D eigenvalue weighted by Crippen LogP contribution is -2.28. The van der Waals surface area contributed by atoms with Crippen LogP contribution < -0.4 is 4.74 Å². The van der Waals surface area contributed by atoms with Crippen molar-refractivity contribution in [3.8, 4) is 5.75 Å². The molecule has 352 valence electrons. The van der Waals surface area contributed by atoms with Crippen LogP contribution >= 0.6 is 0 Å². The molecule has 0 bridgehead atoms. The Morgan fingerprint density at radius 3 is 1.00 bits per heavy atom. The Balaban J connectivity index is 0. The fourth-order valence-electron chi connectivity index (χ4n) is 12.4. The Kier molecular flexibility index (Phi) is 28.3. The summed E-state index contributed by atoms with van der Waals surface area (Å²) >= 11 is 0. The molecular formula is C56H108F2O. The number of hydrogen-bond acceptors (Lipinski definition) is 1. The van der Waals surface area contributed by atoms with E-state index in [0.29, 0.717) is 18.1 Å². The fourth-order valence-corrected chi connectivity index (χ4v) is 12.4. The van der Waals surface area contributed by atoms with Crippen molar-refractivity contribution in [3.63, 3.8) is 0 Å². The molecule has 0 heterocycles. The average molecular weight is 835 g/mol. The molecule has 0 unspecified atom stereocenters. The van der Waals surface area contributed by atoms with E-state index in [-0.39, 0.29) is 58.4 Å². The number of hydrogen-bond donors (Lipinski definition) is 0. The molecule has 1 aromatic rings. The monoisotopic (exact) mass is 835 g/mol. The standard InChI is InChI=1S/C49H80F2O.7CH4/c1-33-7-11-40(12-8-33)29-43-19-21-44(22-20-43)31-42-17-15-39(16-18-42)27-28-49(50,51)52-48-37(5)35(3)47(36(4)38(48)6)32-46-25-23-45(24-26-46)30-41-13-9-34(2)10-14-41;;;;;;;/h33-34,39-46H,7-32H2,1-6H3;7*1H4. The zero-order valence-electron chi connectivity index (χ0n) is 34.8. The van der Waals surface area contributed by atoms with Gasteiger partial charge in [-0.15, -0.1) is 0 Å². The van der Waals surface area contributed by atoms with Crippen molar-refractivity contribution in [2.24, 2.45) is 59.2 Å². The van der Waals surface area contributed by atoms with Gasteiger partial charge in [0.15, 0.2) is 0 Å². The van der Waals surface area contributed by atoms with Crippen LogP contribution in [-0.4, -0.2) is 6.11 Å². The molecule has 1 aromatic carbocycles. The highest BCUT2D eigenvalue weighted by Crippen LogP contribution is 2.45. The third-order valence-corrected chi connectivity index (χ3v) is 16.5. The predicted molar refractivity (Wildman–Crippen MR) is 263 cm³/mol. The maximum atomic E-state index is 15.5. The van der Waals surface area contributed by atoms with Crippen molar-refractivity contribution in [2.75, 3.05) is 0 Å². The Bertz CT molecular complexity index is 1200. The molecule has 0 aromatic heterocycles. The van der Waals surface area contributed by atoms with E-state index in [1.54, 1.807) is 0 Å². The number of benzene rings is 1. The molecule has 3 heteroatoms. The van der Waals surface area contributed by atoms with Crippen molar-refractivity contribution >= 4 is 0 Å². The molecule has 0 saturated heterocycles. The molecule has 6 rings (SSSR count). The van der Waals surface area contributed by atoms with Gasteiger partial charge in [0, 0.05) is 0 Å². The van der Waals surface area contributed by atoms with Crippen LogP contribution in [0.4, 0.5) is 8.78 Å². The first-order valence-corrected chi connectivity index (χ1v) is 23.1. The summed E-state index contributed by atoms with van der Waals surface area (Å²) < 4.78 is 36.8. The highest BCUT2D eigenvalue weighted by molar-refractivity contribution is 5.54. The van der Waals surface area contributed by atoms with E-state index in [4.69, 9.17) is 4.74 Å². The van der Waals surface area contributed by atoms with Crippen LogP contribution in [0.2, 0.25) is 0 Å². The van der Waals surface area contributed by atoms with E-state index < -0.39 is 6.11 Å². The lowest BCUT2D eigenvalue weighted by atomic mass is 9.70. The normalized spacial score (nSPS) is 30.8. The van der Waals surface area contributed by atoms with Crippen LogP contribution in [0.15, 0.2) is 0 Å². The van der Waals surface area contributed by atoms with E-state index in [0.717, 1.165) is 83.7 Å². The molecule has 0 radical (unpaired) electrons. The van der Waals surface area contributed by atoms with E-state index >= 15 is 8.78 Å². The Morgan fingerprint density at radius 1 is 0.407 bits per heavy atom. The predicted octanol–water partition coefficient (Wildman–Crippen LogP) is 19.9. The van der Waals surface area contributed by atoms with Gasteiger partial charge >= 0.3 is 6.11 Å². The smallest absolute Gasteiger partial charge is 0.397 e. The van der Waals surface area contributed by atoms with Gasteiger partial charge in [-0.05, 0) is 160 Å². The van der Waals surface area contributed by atoms with Crippen LogP contribution in [0.1, 0.15) is 254 Å². The molecule has 0 N–H and O–H groups in total. The van der Waals surface area contributed by atoms with Crippen LogP contribution in [0, 0.1) is 86.9 Å². The van der Waals surface area contributed by atoms with Gasteiger partial charge in [0.2, 0.25) is 0 Å². The summed E-state index contributed by atoms with van der Waals surface area (Å²) in [4.78, 5) is 0. The molecule has 0 amide bonds. The molecule has 5 saturated carbocycles. The van der Waals surface area contributed by atoms with Gasteiger partial charge < -0.3 is 4.74 Å². The zero-order chi connectivity index (χ0) is 36.8. The Labute approximate surface area is 371 Å². The van der Waals surface area contributed by atoms with Crippen molar-refractivity contribution in [2.45, 2.75) is 267 Å². The number of alkyl halides is 2. The SMILES string of the molecule is C.C.C.C.C.C.C.Cc1c(C)c(OC(F)(F)CCC2CCC(CC3CCC(CC4CCC(C)CC4)CC3)CC2)c(C)c(C)c1CC1CCC(CC2CCC(C)CC2)CC1. The minimum Gasteiger partial charge on any atom is -0.432 e. The lowest BCUT2D eigenvalue weighted by molar-refractivity contribution is -0.184. The summed E-state index contributed by atoms with van der Waals surface area (Å²) in [5.41, 5.74) is 5.61. The summed E-state index contributed by atoms with van der Waals surface area (Å²) in [6.45, 7) is 13.2. The number of ether oxygens (including phenoxy) is 1.